The molecule has 0 N–H and O–H groups in total. The van der Waals surface area contributed by atoms with Gasteiger partial charge in [0.2, 0.25) is 0 Å². The third kappa shape index (κ3) is 5.71. The minimum absolute atomic E-state index is 0.107. The minimum atomic E-state index is 0.107. The van der Waals surface area contributed by atoms with Gasteiger partial charge in [0.05, 0.1) is 19.9 Å². The van der Waals surface area contributed by atoms with Crippen LogP contribution >= 0.6 is 43.6 Å². The Bertz CT molecular complexity index is 896. The number of benzene rings is 1. The molecule has 2 aliphatic carbocycles. The number of nitrogens with zero attached hydrogens (tertiary/aromatic N) is 2. The molecular formula is C25H30Br2N2O2S. The SMILES string of the molecule is C=CCOc1c(Br)cc(C=C2SC(=NC3CCCCC3)N(C3CCCCC3)C2=O)cc1Br. The number of halogens is 2. The number of carbonyl (C=O) groups is 1. The predicted octanol–water partition coefficient (Wildman–Crippen LogP) is 7.71. The first-order valence-corrected chi connectivity index (χ1v) is 14.0. The molecule has 0 spiro atoms. The molecule has 1 aromatic carbocycles. The van der Waals surface area contributed by atoms with E-state index in [9.17, 15) is 4.79 Å². The zero-order valence-electron chi connectivity index (χ0n) is 18.3. The Morgan fingerprint density at radius 2 is 1.69 bits per heavy atom. The monoisotopic (exact) mass is 580 g/mol. The Morgan fingerprint density at radius 3 is 2.31 bits per heavy atom. The molecule has 0 bridgehead atoms. The number of aliphatic imine (C=N–C) groups is 1. The van der Waals surface area contributed by atoms with Gasteiger partial charge in [0.15, 0.2) is 5.17 Å². The van der Waals surface area contributed by atoms with E-state index in [1.807, 2.05) is 23.1 Å². The van der Waals surface area contributed by atoms with E-state index in [0.717, 1.165) is 56.0 Å². The Morgan fingerprint density at radius 1 is 1.06 bits per heavy atom. The summed E-state index contributed by atoms with van der Waals surface area (Å²) in [5, 5.41) is 0.920. The van der Waals surface area contributed by atoms with E-state index in [1.54, 1.807) is 17.8 Å². The third-order valence-electron chi connectivity index (χ3n) is 6.31. The maximum absolute atomic E-state index is 13.5. The molecule has 1 saturated heterocycles. The van der Waals surface area contributed by atoms with Crippen LogP contribution in [-0.2, 0) is 4.79 Å². The highest BCUT2D eigenvalue weighted by atomic mass is 79.9. The molecule has 3 fully saturated rings. The molecule has 172 valence electrons. The lowest BCUT2D eigenvalue weighted by atomic mass is 9.94. The highest BCUT2D eigenvalue weighted by Crippen LogP contribution is 2.40. The second kappa shape index (κ2) is 11.4. The molecule has 1 amide bonds. The molecule has 1 aromatic rings. The molecule has 3 aliphatic rings. The Hall–Kier alpha value is -1.05. The van der Waals surface area contributed by atoms with Gasteiger partial charge in [-0.1, -0.05) is 51.2 Å². The van der Waals surface area contributed by atoms with Crippen molar-refractivity contribution >= 4 is 60.8 Å². The number of hydrogen-bond donors (Lipinski definition) is 0. The van der Waals surface area contributed by atoms with Crippen LogP contribution in [0.15, 0.2) is 43.6 Å². The minimum Gasteiger partial charge on any atom is -0.487 e. The smallest absolute Gasteiger partial charge is 0.266 e. The number of thioether (sulfide) groups is 1. The molecule has 0 radical (unpaired) electrons. The Labute approximate surface area is 212 Å². The fraction of sp³-hybridized carbons (Fsp3) is 0.520. The van der Waals surface area contributed by atoms with Crippen molar-refractivity contribution in [3.05, 3.63) is 44.2 Å². The van der Waals surface area contributed by atoms with E-state index >= 15 is 0 Å². The Kier molecular flexibility index (Phi) is 8.57. The van der Waals surface area contributed by atoms with Crippen LogP contribution in [0.1, 0.15) is 69.8 Å². The molecule has 1 aliphatic heterocycles. The van der Waals surface area contributed by atoms with Crippen LogP contribution in [0.25, 0.3) is 6.08 Å². The summed E-state index contributed by atoms with van der Waals surface area (Å²) < 4.78 is 7.42. The molecule has 0 atom stereocenters. The van der Waals surface area contributed by atoms with Crippen LogP contribution < -0.4 is 4.74 Å². The summed E-state index contributed by atoms with van der Waals surface area (Å²) in [5.74, 6) is 0.844. The summed E-state index contributed by atoms with van der Waals surface area (Å²) in [4.78, 5) is 21.4. The van der Waals surface area contributed by atoms with Crippen LogP contribution in [0, 0.1) is 0 Å². The predicted molar refractivity (Wildman–Crippen MR) is 141 cm³/mol. The van der Waals surface area contributed by atoms with E-state index in [2.05, 4.69) is 38.4 Å². The highest BCUT2D eigenvalue weighted by Gasteiger charge is 2.39. The van der Waals surface area contributed by atoms with Gasteiger partial charge in [-0.15, -0.1) is 0 Å². The van der Waals surface area contributed by atoms with Crippen molar-refractivity contribution in [2.45, 2.75) is 76.3 Å². The number of rotatable bonds is 6. The fourth-order valence-corrected chi connectivity index (χ4v) is 7.26. The normalized spacial score (nSPS) is 23.3. The van der Waals surface area contributed by atoms with Gasteiger partial charge in [0, 0.05) is 6.04 Å². The van der Waals surface area contributed by atoms with Gasteiger partial charge in [-0.3, -0.25) is 14.7 Å². The van der Waals surface area contributed by atoms with Gasteiger partial charge in [0.1, 0.15) is 12.4 Å². The van der Waals surface area contributed by atoms with Crippen molar-refractivity contribution in [3.63, 3.8) is 0 Å². The second-order valence-electron chi connectivity index (χ2n) is 8.69. The standard InChI is InChI=1S/C25H30Br2N2O2S/c1-2-13-31-23-20(26)14-17(15-21(23)27)16-22-24(30)29(19-11-7-4-8-12-19)25(32-22)28-18-9-5-3-6-10-18/h2,14-16,18-19H,1,3-13H2. The van der Waals surface area contributed by atoms with Gasteiger partial charge in [-0.2, -0.15) is 0 Å². The number of ether oxygens (including phenoxy) is 1. The van der Waals surface area contributed by atoms with Gasteiger partial charge in [-0.25, -0.2) is 0 Å². The van der Waals surface area contributed by atoms with E-state index in [4.69, 9.17) is 9.73 Å². The van der Waals surface area contributed by atoms with Crippen LogP contribution in [0.5, 0.6) is 5.75 Å². The maximum Gasteiger partial charge on any atom is 0.266 e. The zero-order valence-corrected chi connectivity index (χ0v) is 22.3. The van der Waals surface area contributed by atoms with E-state index in [-0.39, 0.29) is 11.9 Å². The first-order valence-electron chi connectivity index (χ1n) is 11.6. The first-order chi connectivity index (χ1) is 15.6. The summed E-state index contributed by atoms with van der Waals surface area (Å²) in [7, 11) is 0. The lowest BCUT2D eigenvalue weighted by Crippen LogP contribution is -2.41. The van der Waals surface area contributed by atoms with Crippen molar-refractivity contribution in [3.8, 4) is 5.75 Å². The number of amidine groups is 1. The summed E-state index contributed by atoms with van der Waals surface area (Å²) in [6.07, 6.45) is 15.6. The van der Waals surface area contributed by atoms with Gasteiger partial charge >= 0.3 is 0 Å². The zero-order chi connectivity index (χ0) is 22.5. The number of carbonyl (C=O) groups excluding carboxylic acids is 1. The summed E-state index contributed by atoms with van der Waals surface area (Å²) >= 11 is 8.75. The molecule has 32 heavy (non-hydrogen) atoms. The van der Waals surface area contributed by atoms with Crippen LogP contribution in [0.4, 0.5) is 0 Å². The average Bonchev–Trinajstić information content (AvgIpc) is 3.09. The third-order valence-corrected chi connectivity index (χ3v) is 8.48. The van der Waals surface area contributed by atoms with Gasteiger partial charge < -0.3 is 4.74 Å². The quantitative estimate of drug-likeness (QED) is 0.255. The van der Waals surface area contributed by atoms with Crippen molar-refractivity contribution in [2.24, 2.45) is 4.99 Å². The molecule has 7 heteroatoms. The van der Waals surface area contributed by atoms with Gasteiger partial charge in [-0.05, 0) is 93.1 Å². The molecular weight excluding hydrogens is 552 g/mol. The lowest BCUT2D eigenvalue weighted by Gasteiger charge is -2.31. The second-order valence-corrected chi connectivity index (χ2v) is 11.4. The van der Waals surface area contributed by atoms with Crippen molar-refractivity contribution in [1.29, 1.82) is 0 Å². The molecule has 4 nitrogen and oxygen atoms in total. The topological polar surface area (TPSA) is 41.9 Å². The largest absolute Gasteiger partial charge is 0.487 e. The summed E-state index contributed by atoms with van der Waals surface area (Å²) in [5.41, 5.74) is 0.952. The van der Waals surface area contributed by atoms with Gasteiger partial charge in [0.25, 0.3) is 5.91 Å². The van der Waals surface area contributed by atoms with E-state index < -0.39 is 0 Å². The molecule has 0 unspecified atom stereocenters. The molecule has 2 saturated carbocycles. The summed E-state index contributed by atoms with van der Waals surface area (Å²) in [6, 6.07) is 4.62. The molecule has 0 aromatic heterocycles. The maximum atomic E-state index is 13.5. The van der Waals surface area contributed by atoms with Crippen LogP contribution in [0.3, 0.4) is 0 Å². The highest BCUT2D eigenvalue weighted by molar-refractivity contribution is 9.11. The van der Waals surface area contributed by atoms with E-state index in [1.165, 1.54) is 38.5 Å². The van der Waals surface area contributed by atoms with Crippen LogP contribution in [-0.4, -0.2) is 34.7 Å². The fourth-order valence-electron chi connectivity index (χ4n) is 4.70. The average molecular weight is 582 g/mol. The lowest BCUT2D eigenvalue weighted by molar-refractivity contribution is -0.124. The van der Waals surface area contributed by atoms with Crippen molar-refractivity contribution in [1.82, 2.24) is 4.90 Å². The summed E-state index contributed by atoms with van der Waals surface area (Å²) in [6.45, 7) is 4.14. The Balaban J connectivity index is 1.62. The number of amides is 1. The van der Waals surface area contributed by atoms with E-state index in [0.29, 0.717) is 12.6 Å². The first kappa shape index (κ1) is 24.1. The molecule has 1 heterocycles. The van der Waals surface area contributed by atoms with Crippen molar-refractivity contribution < 1.29 is 9.53 Å². The molecule has 4 rings (SSSR count). The van der Waals surface area contributed by atoms with Crippen LogP contribution in [0.2, 0.25) is 0 Å². The number of hydrogen-bond acceptors (Lipinski definition) is 4. The van der Waals surface area contributed by atoms with Crippen molar-refractivity contribution in [2.75, 3.05) is 6.61 Å².